The lowest BCUT2D eigenvalue weighted by atomic mass is 9.96. The number of nitrogens with zero attached hydrogens (tertiary/aromatic N) is 1. The minimum atomic E-state index is -4.94. The molecule has 2 aromatic rings. The van der Waals surface area contributed by atoms with Gasteiger partial charge < -0.3 is 74.3 Å². The molecule has 81 heavy (non-hydrogen) atoms. The first-order chi connectivity index (χ1) is 38.0. The number of nitrogens with one attached hydrogen (secondary N) is 8. The van der Waals surface area contributed by atoms with Gasteiger partial charge in [-0.15, -0.1) is 0 Å². The van der Waals surface area contributed by atoms with Crippen molar-refractivity contribution in [3.63, 3.8) is 0 Å². The zero-order valence-corrected chi connectivity index (χ0v) is 47.2. The number of carboxylic acid groups (broad SMARTS) is 1. The van der Waals surface area contributed by atoms with Gasteiger partial charge in [-0.2, -0.15) is 0 Å². The third-order valence-corrected chi connectivity index (χ3v) is 13.8. The van der Waals surface area contributed by atoms with Crippen LogP contribution in [0.2, 0.25) is 0 Å². The number of unbranched alkanes of at least 4 members (excludes halogenated alkanes) is 1. The van der Waals surface area contributed by atoms with Gasteiger partial charge in [-0.25, -0.2) is 4.57 Å². The molecule has 0 saturated carbocycles. The lowest BCUT2D eigenvalue weighted by molar-refractivity contribution is -0.142. The molecule has 0 unspecified atom stereocenters. The maximum Gasteiger partial charge on any atom is 0.524 e. The van der Waals surface area contributed by atoms with Crippen molar-refractivity contribution >= 4 is 72.9 Å². The second-order valence-corrected chi connectivity index (χ2v) is 21.2. The molecular weight excluding hydrogens is 1080 g/mol. The molecule has 29 heteroatoms. The molecule has 3 rings (SSSR count). The molecule has 1 fully saturated rings. The average molecular weight is 1160 g/mol. The van der Waals surface area contributed by atoms with Crippen molar-refractivity contribution in [2.45, 2.75) is 166 Å². The number of amides is 10. The van der Waals surface area contributed by atoms with E-state index in [0.717, 1.165) is 0 Å². The Morgan fingerprint density at radius 3 is 1.68 bits per heavy atom. The highest BCUT2D eigenvalue weighted by Crippen LogP contribution is 2.37. The van der Waals surface area contributed by atoms with Crippen molar-refractivity contribution in [3.05, 3.63) is 65.7 Å². The molecule has 0 aliphatic carbocycles. The smallest absolute Gasteiger partial charge is 0.481 e. The average Bonchev–Trinajstić information content (AvgIpc) is 3.91. The van der Waals surface area contributed by atoms with Gasteiger partial charge in [0.15, 0.2) is 0 Å². The molecule has 11 atom stereocenters. The highest BCUT2D eigenvalue weighted by Gasteiger charge is 2.39. The van der Waals surface area contributed by atoms with Crippen molar-refractivity contribution in [1.29, 1.82) is 0 Å². The minimum Gasteiger partial charge on any atom is -0.481 e. The maximum atomic E-state index is 14.1. The first-order valence-corrected chi connectivity index (χ1v) is 28.2. The first kappa shape index (κ1) is 67.8. The van der Waals surface area contributed by atoms with E-state index in [1.807, 2.05) is 0 Å². The van der Waals surface area contributed by atoms with Crippen LogP contribution in [0.5, 0.6) is 5.75 Å². The van der Waals surface area contributed by atoms with Crippen molar-refractivity contribution in [3.8, 4) is 5.75 Å². The zero-order chi connectivity index (χ0) is 60.7. The van der Waals surface area contributed by atoms with Crippen LogP contribution in [0, 0.1) is 5.92 Å². The van der Waals surface area contributed by atoms with Gasteiger partial charge >= 0.3 is 13.8 Å². The van der Waals surface area contributed by atoms with Gasteiger partial charge in [0.1, 0.15) is 60.1 Å². The van der Waals surface area contributed by atoms with Crippen molar-refractivity contribution in [2.24, 2.45) is 23.1 Å². The van der Waals surface area contributed by atoms with Gasteiger partial charge in [0.25, 0.3) is 0 Å². The summed E-state index contributed by atoms with van der Waals surface area (Å²) in [6.45, 7) is 9.24. The van der Waals surface area contributed by atoms with E-state index in [0.29, 0.717) is 43.4 Å². The van der Waals surface area contributed by atoms with Gasteiger partial charge in [-0.1, -0.05) is 62.7 Å². The van der Waals surface area contributed by atoms with Gasteiger partial charge in [-0.05, 0) is 102 Å². The molecule has 28 nitrogen and oxygen atoms in total. The summed E-state index contributed by atoms with van der Waals surface area (Å²) < 4.78 is 16.1. The highest BCUT2D eigenvalue weighted by atomic mass is 31.2. The maximum absolute atomic E-state index is 14.1. The van der Waals surface area contributed by atoms with E-state index in [1.165, 1.54) is 56.9 Å². The number of carbonyl (C=O) groups excluding carboxylic acids is 10. The van der Waals surface area contributed by atoms with Crippen LogP contribution in [0.15, 0.2) is 54.6 Å². The van der Waals surface area contributed by atoms with Crippen molar-refractivity contribution < 1.29 is 76.7 Å². The Morgan fingerprint density at radius 2 is 1.15 bits per heavy atom. The summed E-state index contributed by atoms with van der Waals surface area (Å²) in [4.78, 5) is 166. The molecule has 0 radical (unpaired) electrons. The number of phosphoric acid groups is 1. The minimum absolute atomic E-state index is 0.0112. The number of hydrogen-bond donors (Lipinski definition) is 14. The van der Waals surface area contributed by atoms with E-state index in [-0.39, 0.29) is 44.4 Å². The van der Waals surface area contributed by atoms with Crippen molar-refractivity contribution in [2.75, 3.05) is 13.1 Å². The van der Waals surface area contributed by atoms with E-state index in [2.05, 4.69) is 47.1 Å². The Balaban J connectivity index is 1.77. The number of benzene rings is 2. The summed E-state index contributed by atoms with van der Waals surface area (Å²) in [5.41, 5.74) is 17.8. The largest absolute Gasteiger partial charge is 0.524 e. The number of carbonyl (C=O) groups is 11. The highest BCUT2D eigenvalue weighted by molar-refractivity contribution is 7.46. The number of carboxylic acids is 1. The van der Waals surface area contributed by atoms with Gasteiger partial charge in [-0.3, -0.25) is 62.5 Å². The van der Waals surface area contributed by atoms with E-state index >= 15 is 0 Å². The lowest BCUT2D eigenvalue weighted by Gasteiger charge is -2.30. The summed E-state index contributed by atoms with van der Waals surface area (Å²) in [6, 6.07) is 1.40. The van der Waals surface area contributed by atoms with E-state index in [9.17, 15) is 67.1 Å². The fourth-order valence-electron chi connectivity index (χ4n) is 8.42. The number of likely N-dealkylation sites (tertiary alicyclic amines) is 1. The van der Waals surface area contributed by atoms with E-state index < -0.39 is 146 Å². The fourth-order valence-corrected chi connectivity index (χ4v) is 8.82. The summed E-state index contributed by atoms with van der Waals surface area (Å²) in [5.74, 6) is -9.77. The third kappa shape index (κ3) is 22.9. The second kappa shape index (κ2) is 32.7. The number of phosphoric ester groups is 1. The molecule has 0 bridgehead atoms. The molecule has 1 aliphatic heterocycles. The van der Waals surface area contributed by atoms with Crippen molar-refractivity contribution in [1.82, 2.24) is 47.4 Å². The number of aliphatic carboxylic acids is 1. The monoisotopic (exact) mass is 1160 g/mol. The molecule has 1 saturated heterocycles. The van der Waals surface area contributed by atoms with Crippen LogP contribution in [0.3, 0.4) is 0 Å². The molecule has 448 valence electrons. The molecule has 1 aliphatic rings. The third-order valence-electron chi connectivity index (χ3n) is 13.4. The SMILES string of the molecule is CC[C@H](C)[C@H](NC(=O)[C@H](C)NC(=O)[C@@H](N)CCC(=O)O)C(=O)N[C@@H](Cc1ccc(OP(=O)(O)O)cc1)C(=O)N[C@@H](C)C(=O)N[C@@H](C)C(=O)N1CCC[C@H]1C(=O)N[C@@H](Cc1ccccc1)C(=O)N[C@@H](C)C(=O)N[C@@H](CCCCN)C(N)=O. The van der Waals surface area contributed by atoms with Gasteiger partial charge in [0.05, 0.1) is 6.04 Å². The van der Waals surface area contributed by atoms with Gasteiger partial charge in [0.2, 0.25) is 59.1 Å². The predicted molar refractivity (Wildman–Crippen MR) is 292 cm³/mol. The standard InChI is InChI=1S/C52H79N12O16P/c1-7-28(2)42(63-46(70)31(5)56-47(71)36(54)22-23-41(65)66)51(75)62-39(27-34-18-20-35(21-19-34)80-81(77,78)79)49(73)57-29(3)44(68)59-32(6)52(76)64-25-13-17-40(64)50(74)61-38(26-33-14-9-8-10-15-33)48(72)58-30(4)45(69)60-37(43(55)67)16-11-12-24-53/h8-10,14-15,18-21,28-32,36-40,42H,7,11-13,16-17,22-27,53-54H2,1-6H3,(H2,55,67)(H,56,71)(H,57,73)(H,58,72)(H,59,68)(H,60,69)(H,61,74)(H,62,75)(H,63,70)(H,65,66)(H2,77,78,79)/t28-,29-,30-,31-,32-,36-,37-,38-,39-,40-,42-/m0/s1. The Labute approximate surface area is 469 Å². The first-order valence-electron chi connectivity index (χ1n) is 26.6. The van der Waals surface area contributed by atoms with E-state index in [4.69, 9.17) is 22.3 Å². The molecule has 2 aromatic carbocycles. The fraction of sp³-hybridized carbons (Fsp3) is 0.558. The zero-order valence-electron chi connectivity index (χ0n) is 46.3. The Hall–Kier alpha value is -7.52. The Morgan fingerprint density at radius 1 is 0.642 bits per heavy atom. The van der Waals surface area contributed by atoms with Crippen LogP contribution in [-0.2, 0) is 70.1 Å². The second-order valence-electron chi connectivity index (χ2n) is 20.0. The number of nitrogens with two attached hydrogens (primary N) is 3. The van der Waals surface area contributed by atoms with E-state index in [1.54, 1.807) is 44.2 Å². The Kier molecular flexibility index (Phi) is 27.3. The molecule has 1 heterocycles. The molecule has 10 amide bonds. The number of primary amides is 1. The summed E-state index contributed by atoms with van der Waals surface area (Å²) in [5, 5.41) is 29.5. The number of rotatable bonds is 33. The summed E-state index contributed by atoms with van der Waals surface area (Å²) in [7, 11) is -4.94. The van der Waals surface area contributed by atoms with Crippen LogP contribution in [-0.4, -0.2) is 158 Å². The predicted octanol–water partition coefficient (Wildman–Crippen LogP) is -2.26. The summed E-state index contributed by atoms with van der Waals surface area (Å²) in [6.07, 6.45) is 1.35. The molecular formula is C52H79N12O16P. The summed E-state index contributed by atoms with van der Waals surface area (Å²) >= 11 is 0. The van der Waals surface area contributed by atoms with Gasteiger partial charge in [0, 0.05) is 25.8 Å². The van der Waals surface area contributed by atoms with Crippen LogP contribution in [0.4, 0.5) is 0 Å². The molecule has 0 spiro atoms. The van der Waals surface area contributed by atoms with Crippen LogP contribution in [0.25, 0.3) is 0 Å². The van der Waals surface area contributed by atoms with Crippen LogP contribution < -0.4 is 64.3 Å². The van der Waals surface area contributed by atoms with Crippen LogP contribution in [0.1, 0.15) is 104 Å². The lowest BCUT2D eigenvalue weighted by Crippen LogP contribution is -2.60. The normalized spacial score (nSPS) is 16.9. The molecule has 17 N–H and O–H groups in total. The Bertz CT molecular complexity index is 2570. The quantitative estimate of drug-likeness (QED) is 0.0265. The number of hydrogen-bond acceptors (Lipinski definition) is 15. The van der Waals surface area contributed by atoms with Crippen LogP contribution >= 0.6 is 7.82 Å². The topological polar surface area (TPSA) is 452 Å². The molecule has 0 aromatic heterocycles.